The molecular formula is C8H12OS. The predicted octanol–water partition coefficient (Wildman–Crippen LogP) is 2.58. The second-order valence-corrected chi connectivity index (χ2v) is 3.14. The first-order chi connectivity index (χ1) is 4.84. The van der Waals surface area contributed by atoms with E-state index in [-0.39, 0.29) is 6.10 Å². The fourth-order valence-electron chi connectivity index (χ4n) is 0.905. The van der Waals surface area contributed by atoms with Crippen LogP contribution in [0.3, 0.4) is 0 Å². The van der Waals surface area contributed by atoms with E-state index in [9.17, 15) is 5.11 Å². The molecule has 1 N–H and O–H groups in total. The first kappa shape index (κ1) is 7.76. The van der Waals surface area contributed by atoms with Gasteiger partial charge < -0.3 is 5.11 Å². The van der Waals surface area contributed by atoms with Crippen molar-refractivity contribution < 1.29 is 5.11 Å². The smallest absolute Gasteiger partial charge is 0.0798 e. The maximum atomic E-state index is 9.42. The molecule has 0 aliphatic rings. The van der Waals surface area contributed by atoms with E-state index >= 15 is 0 Å². The molecule has 0 amide bonds. The Morgan fingerprint density at radius 3 is 3.00 bits per heavy atom. The van der Waals surface area contributed by atoms with Crippen LogP contribution in [-0.4, -0.2) is 5.11 Å². The van der Waals surface area contributed by atoms with Crippen molar-refractivity contribution in [2.75, 3.05) is 0 Å². The van der Waals surface area contributed by atoms with Gasteiger partial charge in [-0.2, -0.15) is 11.3 Å². The van der Waals surface area contributed by atoms with Gasteiger partial charge in [-0.05, 0) is 28.8 Å². The van der Waals surface area contributed by atoms with Crippen LogP contribution in [0.2, 0.25) is 0 Å². The van der Waals surface area contributed by atoms with Gasteiger partial charge in [0, 0.05) is 0 Å². The zero-order valence-corrected chi connectivity index (χ0v) is 6.90. The second-order valence-electron chi connectivity index (χ2n) is 2.36. The average Bonchev–Trinajstić information content (AvgIpc) is 2.38. The Morgan fingerprint density at radius 1 is 1.70 bits per heavy atom. The maximum Gasteiger partial charge on any atom is 0.0798 e. The lowest BCUT2D eigenvalue weighted by atomic mass is 10.1. The SMILES string of the molecule is CCC[C@H](O)c1ccsc1. The molecule has 0 unspecified atom stereocenters. The summed E-state index contributed by atoms with van der Waals surface area (Å²) in [6.07, 6.45) is 1.67. The molecule has 0 saturated carbocycles. The van der Waals surface area contributed by atoms with Gasteiger partial charge in [0.05, 0.1) is 6.10 Å². The van der Waals surface area contributed by atoms with E-state index in [1.807, 2.05) is 16.8 Å². The van der Waals surface area contributed by atoms with Crippen LogP contribution in [0.5, 0.6) is 0 Å². The lowest BCUT2D eigenvalue weighted by Crippen LogP contribution is -1.93. The minimum absolute atomic E-state index is 0.240. The topological polar surface area (TPSA) is 20.2 Å². The first-order valence-corrected chi connectivity index (χ1v) is 4.49. The number of hydrogen-bond donors (Lipinski definition) is 1. The van der Waals surface area contributed by atoms with Crippen LogP contribution in [0, 0.1) is 0 Å². The molecule has 0 spiro atoms. The van der Waals surface area contributed by atoms with Gasteiger partial charge in [0.2, 0.25) is 0 Å². The quantitative estimate of drug-likeness (QED) is 0.713. The summed E-state index contributed by atoms with van der Waals surface area (Å²) in [5.74, 6) is 0. The van der Waals surface area contributed by atoms with E-state index < -0.39 is 0 Å². The molecule has 0 fully saturated rings. The molecule has 0 aliphatic carbocycles. The van der Waals surface area contributed by atoms with Crippen LogP contribution in [0.4, 0.5) is 0 Å². The van der Waals surface area contributed by atoms with Crippen molar-refractivity contribution in [3.8, 4) is 0 Å². The highest BCUT2D eigenvalue weighted by atomic mass is 32.1. The van der Waals surface area contributed by atoms with Gasteiger partial charge in [0.25, 0.3) is 0 Å². The summed E-state index contributed by atoms with van der Waals surface area (Å²) in [6.45, 7) is 2.08. The van der Waals surface area contributed by atoms with E-state index in [1.54, 1.807) is 11.3 Å². The molecule has 0 aliphatic heterocycles. The number of thiophene rings is 1. The lowest BCUT2D eigenvalue weighted by Gasteiger charge is -2.04. The number of aliphatic hydroxyl groups excluding tert-OH is 1. The summed E-state index contributed by atoms with van der Waals surface area (Å²) < 4.78 is 0. The Hall–Kier alpha value is -0.340. The molecule has 1 atom stereocenters. The van der Waals surface area contributed by atoms with Crippen molar-refractivity contribution in [3.05, 3.63) is 22.4 Å². The van der Waals surface area contributed by atoms with Crippen molar-refractivity contribution in [1.82, 2.24) is 0 Å². The third-order valence-corrected chi connectivity index (χ3v) is 2.19. The molecule has 1 aromatic rings. The maximum absolute atomic E-state index is 9.42. The van der Waals surface area contributed by atoms with E-state index in [2.05, 4.69) is 6.92 Å². The van der Waals surface area contributed by atoms with Crippen LogP contribution in [0.25, 0.3) is 0 Å². The van der Waals surface area contributed by atoms with Gasteiger partial charge in [-0.1, -0.05) is 13.3 Å². The standard InChI is InChI=1S/C8H12OS/c1-2-3-8(9)7-4-5-10-6-7/h4-6,8-9H,2-3H2,1H3/t8-/m0/s1. The van der Waals surface area contributed by atoms with E-state index in [0.717, 1.165) is 18.4 Å². The van der Waals surface area contributed by atoms with Crippen LogP contribution < -0.4 is 0 Å². The van der Waals surface area contributed by atoms with Gasteiger partial charge in [-0.3, -0.25) is 0 Å². The number of aliphatic hydroxyl groups is 1. The molecule has 1 heterocycles. The number of rotatable bonds is 3. The molecule has 1 rings (SSSR count). The van der Waals surface area contributed by atoms with Crippen molar-refractivity contribution in [2.24, 2.45) is 0 Å². The third kappa shape index (κ3) is 1.82. The molecule has 2 heteroatoms. The van der Waals surface area contributed by atoms with E-state index in [0.29, 0.717) is 0 Å². The Balaban J connectivity index is 2.50. The molecule has 0 radical (unpaired) electrons. The lowest BCUT2D eigenvalue weighted by molar-refractivity contribution is 0.167. The summed E-state index contributed by atoms with van der Waals surface area (Å²) in [5.41, 5.74) is 1.06. The van der Waals surface area contributed by atoms with E-state index in [1.165, 1.54) is 0 Å². The van der Waals surface area contributed by atoms with Crippen LogP contribution in [-0.2, 0) is 0 Å². The van der Waals surface area contributed by atoms with Crippen LogP contribution in [0.1, 0.15) is 31.4 Å². The normalized spacial score (nSPS) is 13.4. The first-order valence-electron chi connectivity index (χ1n) is 3.54. The number of hydrogen-bond acceptors (Lipinski definition) is 2. The minimum Gasteiger partial charge on any atom is -0.388 e. The van der Waals surface area contributed by atoms with E-state index in [4.69, 9.17) is 0 Å². The Labute approximate surface area is 65.3 Å². The monoisotopic (exact) mass is 156 g/mol. The molecule has 56 valence electrons. The summed E-state index contributed by atoms with van der Waals surface area (Å²) in [4.78, 5) is 0. The molecule has 0 saturated heterocycles. The van der Waals surface area contributed by atoms with Gasteiger partial charge in [-0.25, -0.2) is 0 Å². The molecular weight excluding hydrogens is 144 g/mol. The Bertz CT molecular complexity index is 169. The average molecular weight is 156 g/mol. The largest absolute Gasteiger partial charge is 0.388 e. The van der Waals surface area contributed by atoms with Gasteiger partial charge in [0.1, 0.15) is 0 Å². The summed E-state index contributed by atoms with van der Waals surface area (Å²) in [7, 11) is 0. The van der Waals surface area contributed by atoms with Gasteiger partial charge in [-0.15, -0.1) is 0 Å². The second kappa shape index (κ2) is 3.74. The van der Waals surface area contributed by atoms with Crippen molar-refractivity contribution in [3.63, 3.8) is 0 Å². The highest BCUT2D eigenvalue weighted by Crippen LogP contribution is 2.19. The van der Waals surface area contributed by atoms with Crippen molar-refractivity contribution >= 4 is 11.3 Å². The fraction of sp³-hybridized carbons (Fsp3) is 0.500. The Kier molecular flexibility index (Phi) is 2.90. The summed E-state index contributed by atoms with van der Waals surface area (Å²) in [6, 6.07) is 1.98. The third-order valence-electron chi connectivity index (χ3n) is 1.49. The predicted molar refractivity (Wildman–Crippen MR) is 44.2 cm³/mol. The summed E-state index contributed by atoms with van der Waals surface area (Å²) >= 11 is 1.63. The molecule has 0 bridgehead atoms. The van der Waals surface area contributed by atoms with Gasteiger partial charge >= 0.3 is 0 Å². The zero-order chi connectivity index (χ0) is 7.40. The fourth-order valence-corrected chi connectivity index (χ4v) is 1.61. The van der Waals surface area contributed by atoms with Crippen LogP contribution in [0.15, 0.2) is 16.8 Å². The zero-order valence-electron chi connectivity index (χ0n) is 6.08. The highest BCUT2D eigenvalue weighted by Gasteiger charge is 2.04. The molecule has 10 heavy (non-hydrogen) atoms. The highest BCUT2D eigenvalue weighted by molar-refractivity contribution is 7.07. The Morgan fingerprint density at radius 2 is 2.50 bits per heavy atom. The molecule has 1 aromatic heterocycles. The summed E-state index contributed by atoms with van der Waals surface area (Å²) in [5, 5.41) is 13.4. The van der Waals surface area contributed by atoms with Crippen molar-refractivity contribution in [2.45, 2.75) is 25.9 Å². The molecule has 1 nitrogen and oxygen atoms in total. The van der Waals surface area contributed by atoms with Gasteiger partial charge in [0.15, 0.2) is 0 Å². The van der Waals surface area contributed by atoms with Crippen molar-refractivity contribution in [1.29, 1.82) is 0 Å². The molecule has 0 aromatic carbocycles. The van der Waals surface area contributed by atoms with Crippen LogP contribution >= 0.6 is 11.3 Å². The minimum atomic E-state index is -0.240.